The van der Waals surface area contributed by atoms with E-state index < -0.39 is 30.4 Å². The van der Waals surface area contributed by atoms with E-state index >= 15 is 0 Å². The van der Waals surface area contributed by atoms with Crippen molar-refractivity contribution in [1.82, 2.24) is 4.98 Å². The van der Waals surface area contributed by atoms with Gasteiger partial charge in [0.2, 0.25) is 5.88 Å². The molecule has 20 heavy (non-hydrogen) atoms. The Kier molecular flexibility index (Phi) is 5.00. The molecule has 0 saturated heterocycles. The Morgan fingerprint density at radius 2 is 2.10 bits per heavy atom. The van der Waals surface area contributed by atoms with Crippen molar-refractivity contribution in [3.63, 3.8) is 0 Å². The third-order valence-corrected chi connectivity index (χ3v) is 2.08. The number of ether oxygens (including phenoxy) is 3. The van der Waals surface area contributed by atoms with Crippen LogP contribution in [0.2, 0.25) is 0 Å². The van der Waals surface area contributed by atoms with E-state index in [1.54, 1.807) is 6.92 Å². The highest BCUT2D eigenvalue weighted by molar-refractivity contribution is 5.74. The van der Waals surface area contributed by atoms with Gasteiger partial charge in [0.05, 0.1) is 20.1 Å². The van der Waals surface area contributed by atoms with Crippen molar-refractivity contribution in [3.05, 3.63) is 11.6 Å². The van der Waals surface area contributed by atoms with E-state index in [0.717, 1.165) is 6.07 Å². The van der Waals surface area contributed by atoms with E-state index in [0.29, 0.717) is 0 Å². The minimum atomic E-state index is -5.03. The Balaban J connectivity index is 3.10. The molecule has 0 atom stereocenters. The molecule has 1 N–H and O–H groups in total. The van der Waals surface area contributed by atoms with Crippen molar-refractivity contribution in [2.75, 3.05) is 13.7 Å². The zero-order chi connectivity index (χ0) is 15.3. The van der Waals surface area contributed by atoms with Gasteiger partial charge in [-0.25, -0.2) is 0 Å². The van der Waals surface area contributed by atoms with Crippen LogP contribution in [0.3, 0.4) is 0 Å². The maximum absolute atomic E-state index is 12.2. The normalized spacial score (nSPS) is 11.1. The number of alkyl halides is 3. The maximum Gasteiger partial charge on any atom is 0.574 e. The summed E-state index contributed by atoms with van der Waals surface area (Å²) in [6.45, 7) is 1.68. The Morgan fingerprint density at radius 1 is 1.45 bits per heavy atom. The largest absolute Gasteiger partial charge is 0.574 e. The van der Waals surface area contributed by atoms with Gasteiger partial charge < -0.3 is 19.3 Å². The minimum Gasteiger partial charge on any atom is -0.503 e. The van der Waals surface area contributed by atoms with E-state index in [1.165, 1.54) is 7.11 Å². The molecule has 0 bridgehead atoms. The van der Waals surface area contributed by atoms with Gasteiger partial charge in [0.25, 0.3) is 5.88 Å². The van der Waals surface area contributed by atoms with Crippen molar-refractivity contribution in [2.45, 2.75) is 19.7 Å². The molecule has 0 aromatic carbocycles. The fourth-order valence-corrected chi connectivity index (χ4v) is 1.33. The number of hydrogen-bond acceptors (Lipinski definition) is 6. The third-order valence-electron chi connectivity index (χ3n) is 2.08. The average Bonchev–Trinajstić information content (AvgIpc) is 2.32. The van der Waals surface area contributed by atoms with Crippen LogP contribution in [-0.4, -0.2) is 36.1 Å². The SMILES string of the molecule is CCOC(=O)Cc1cc(OC)nc(OC(F)(F)F)c1O. The highest BCUT2D eigenvalue weighted by Crippen LogP contribution is 2.35. The van der Waals surface area contributed by atoms with Crippen molar-refractivity contribution in [3.8, 4) is 17.5 Å². The first-order valence-corrected chi connectivity index (χ1v) is 5.45. The first-order valence-electron chi connectivity index (χ1n) is 5.45. The fourth-order valence-electron chi connectivity index (χ4n) is 1.33. The van der Waals surface area contributed by atoms with E-state index in [2.05, 4.69) is 19.2 Å². The van der Waals surface area contributed by atoms with Gasteiger partial charge in [0, 0.05) is 11.6 Å². The van der Waals surface area contributed by atoms with Crippen LogP contribution >= 0.6 is 0 Å². The Labute approximate surface area is 112 Å². The van der Waals surface area contributed by atoms with E-state index in [-0.39, 0.29) is 18.1 Å². The summed E-state index contributed by atoms with van der Waals surface area (Å²) >= 11 is 0. The first kappa shape index (κ1) is 15.9. The molecular weight excluding hydrogens is 283 g/mol. The molecule has 0 aliphatic heterocycles. The number of carbonyl (C=O) groups excluding carboxylic acids is 1. The number of aromatic hydroxyl groups is 1. The predicted octanol–water partition coefficient (Wildman–Crippen LogP) is 1.80. The molecule has 9 heteroatoms. The van der Waals surface area contributed by atoms with Crippen molar-refractivity contribution >= 4 is 5.97 Å². The second kappa shape index (κ2) is 6.31. The molecule has 0 amide bonds. The summed E-state index contributed by atoms with van der Waals surface area (Å²) in [6.07, 6.45) is -5.47. The lowest BCUT2D eigenvalue weighted by molar-refractivity contribution is -0.276. The molecule has 1 heterocycles. The zero-order valence-corrected chi connectivity index (χ0v) is 10.7. The fraction of sp³-hybridized carbons (Fsp3) is 0.455. The van der Waals surface area contributed by atoms with Crippen molar-refractivity contribution in [2.24, 2.45) is 0 Å². The van der Waals surface area contributed by atoms with Crippen LogP contribution in [0, 0.1) is 0 Å². The smallest absolute Gasteiger partial charge is 0.503 e. The summed E-state index contributed by atoms with van der Waals surface area (Å²) in [5, 5.41) is 9.64. The molecule has 0 spiro atoms. The highest BCUT2D eigenvalue weighted by atomic mass is 19.4. The maximum atomic E-state index is 12.2. The quantitative estimate of drug-likeness (QED) is 0.835. The summed E-state index contributed by atoms with van der Waals surface area (Å²) < 4.78 is 49.4. The van der Waals surface area contributed by atoms with E-state index in [4.69, 9.17) is 0 Å². The molecular formula is C11H12F3NO5. The number of aromatic nitrogens is 1. The second-order valence-corrected chi connectivity index (χ2v) is 3.51. The van der Waals surface area contributed by atoms with Crippen LogP contribution in [0.5, 0.6) is 17.5 Å². The summed E-state index contributed by atoms with van der Waals surface area (Å²) in [5.41, 5.74) is -0.144. The van der Waals surface area contributed by atoms with Gasteiger partial charge in [-0.1, -0.05) is 0 Å². The van der Waals surface area contributed by atoms with Crippen LogP contribution in [0.1, 0.15) is 12.5 Å². The number of pyridine rings is 1. The monoisotopic (exact) mass is 295 g/mol. The van der Waals surface area contributed by atoms with Gasteiger partial charge >= 0.3 is 12.3 Å². The van der Waals surface area contributed by atoms with Crippen LogP contribution in [-0.2, 0) is 16.0 Å². The van der Waals surface area contributed by atoms with Crippen LogP contribution in [0.4, 0.5) is 13.2 Å². The van der Waals surface area contributed by atoms with Gasteiger partial charge in [-0.2, -0.15) is 4.98 Å². The van der Waals surface area contributed by atoms with Gasteiger partial charge in [0.1, 0.15) is 0 Å². The number of esters is 1. The summed E-state index contributed by atoms with van der Waals surface area (Å²) in [4.78, 5) is 14.6. The van der Waals surface area contributed by atoms with Crippen LogP contribution < -0.4 is 9.47 Å². The Bertz CT molecular complexity index is 490. The lowest BCUT2D eigenvalue weighted by Crippen LogP contribution is -2.18. The molecule has 112 valence electrons. The standard InChI is InChI=1S/C11H12F3NO5/c1-3-19-8(16)5-6-4-7(18-2)15-10(9(6)17)20-11(12,13)14/h4,17H,3,5H2,1-2H3. The molecule has 1 aromatic rings. The first-order chi connectivity index (χ1) is 9.26. The number of halogens is 3. The molecule has 0 radical (unpaired) electrons. The lowest BCUT2D eigenvalue weighted by atomic mass is 10.1. The van der Waals surface area contributed by atoms with Crippen LogP contribution in [0.15, 0.2) is 6.07 Å². The van der Waals surface area contributed by atoms with Gasteiger partial charge in [-0.3, -0.25) is 4.79 Å². The number of carbonyl (C=O) groups is 1. The average molecular weight is 295 g/mol. The molecule has 1 rings (SSSR count). The number of nitrogens with zero attached hydrogens (tertiary/aromatic N) is 1. The number of hydrogen-bond donors (Lipinski definition) is 1. The summed E-state index contributed by atoms with van der Waals surface area (Å²) in [7, 11) is 1.17. The number of rotatable bonds is 5. The Hall–Kier alpha value is -2.19. The minimum absolute atomic E-state index is 0.105. The number of methoxy groups -OCH3 is 1. The summed E-state index contributed by atoms with van der Waals surface area (Å²) in [6, 6.07) is 1.12. The Morgan fingerprint density at radius 3 is 2.60 bits per heavy atom. The van der Waals surface area contributed by atoms with Crippen molar-refractivity contribution in [1.29, 1.82) is 0 Å². The summed E-state index contributed by atoms with van der Waals surface area (Å²) in [5.74, 6) is -2.93. The predicted molar refractivity (Wildman–Crippen MR) is 59.5 cm³/mol. The highest BCUT2D eigenvalue weighted by Gasteiger charge is 2.34. The van der Waals surface area contributed by atoms with Crippen LogP contribution in [0.25, 0.3) is 0 Å². The molecule has 0 fully saturated rings. The van der Waals surface area contributed by atoms with Crippen molar-refractivity contribution < 1.29 is 37.3 Å². The molecule has 0 saturated carbocycles. The molecule has 0 unspecified atom stereocenters. The van der Waals surface area contributed by atoms with Gasteiger partial charge in [-0.05, 0) is 6.92 Å². The molecule has 0 aliphatic carbocycles. The second-order valence-electron chi connectivity index (χ2n) is 3.51. The topological polar surface area (TPSA) is 77.9 Å². The van der Waals surface area contributed by atoms with E-state index in [9.17, 15) is 23.1 Å². The molecule has 0 aliphatic rings. The lowest BCUT2D eigenvalue weighted by Gasteiger charge is -2.13. The van der Waals surface area contributed by atoms with Gasteiger partial charge in [-0.15, -0.1) is 13.2 Å². The third kappa shape index (κ3) is 4.48. The zero-order valence-electron chi connectivity index (χ0n) is 10.7. The van der Waals surface area contributed by atoms with Gasteiger partial charge in [0.15, 0.2) is 5.75 Å². The van der Waals surface area contributed by atoms with E-state index in [1.807, 2.05) is 0 Å². The molecule has 1 aromatic heterocycles. The molecule has 6 nitrogen and oxygen atoms in total.